The Morgan fingerprint density at radius 3 is 2.85 bits per heavy atom. The van der Waals surface area contributed by atoms with E-state index in [2.05, 4.69) is 39.1 Å². The molecule has 1 saturated heterocycles. The molecular weight excluding hydrogens is 266 g/mol. The van der Waals surface area contributed by atoms with Gasteiger partial charge >= 0.3 is 0 Å². The van der Waals surface area contributed by atoms with Crippen LogP contribution in [0, 0.1) is 5.92 Å². The van der Waals surface area contributed by atoms with Crippen LogP contribution in [-0.4, -0.2) is 24.3 Å². The second kappa shape index (κ2) is 6.59. The van der Waals surface area contributed by atoms with E-state index in [9.17, 15) is 5.11 Å². The first-order chi connectivity index (χ1) is 9.44. The fraction of sp³-hybridized carbons (Fsp3) is 0.765. The number of piperidine rings is 1. The molecule has 1 aromatic heterocycles. The summed E-state index contributed by atoms with van der Waals surface area (Å²) in [6.45, 7) is 10.6. The van der Waals surface area contributed by atoms with Gasteiger partial charge in [0.2, 0.25) is 0 Å². The first-order valence-electron chi connectivity index (χ1n) is 7.91. The fourth-order valence-electron chi connectivity index (χ4n) is 3.47. The number of nitrogens with one attached hydrogen (secondary N) is 1. The van der Waals surface area contributed by atoms with E-state index in [4.69, 9.17) is 0 Å². The van der Waals surface area contributed by atoms with Gasteiger partial charge in [-0.3, -0.25) is 0 Å². The van der Waals surface area contributed by atoms with Crippen molar-refractivity contribution in [2.24, 2.45) is 5.92 Å². The number of aliphatic hydroxyl groups excluding tert-OH is 1. The highest BCUT2D eigenvalue weighted by molar-refractivity contribution is 7.12. The van der Waals surface area contributed by atoms with Crippen molar-refractivity contribution in [1.29, 1.82) is 0 Å². The van der Waals surface area contributed by atoms with Gasteiger partial charge in [-0.25, -0.2) is 0 Å². The first kappa shape index (κ1) is 16.0. The number of aliphatic hydroxyl groups is 1. The van der Waals surface area contributed by atoms with Gasteiger partial charge in [-0.1, -0.05) is 20.8 Å². The molecule has 114 valence electrons. The van der Waals surface area contributed by atoms with E-state index in [0.717, 1.165) is 19.4 Å². The Labute approximate surface area is 127 Å². The Morgan fingerprint density at radius 1 is 1.50 bits per heavy atom. The minimum atomic E-state index is 0.262. The van der Waals surface area contributed by atoms with Gasteiger partial charge in [-0.05, 0) is 55.7 Å². The molecule has 2 heterocycles. The van der Waals surface area contributed by atoms with E-state index < -0.39 is 0 Å². The van der Waals surface area contributed by atoms with Crippen LogP contribution < -0.4 is 5.32 Å². The Morgan fingerprint density at radius 2 is 2.25 bits per heavy atom. The third kappa shape index (κ3) is 3.63. The van der Waals surface area contributed by atoms with Gasteiger partial charge in [0.15, 0.2) is 0 Å². The van der Waals surface area contributed by atoms with Gasteiger partial charge < -0.3 is 10.4 Å². The van der Waals surface area contributed by atoms with Crippen LogP contribution in [0.1, 0.15) is 55.9 Å². The average molecular weight is 295 g/mol. The molecule has 0 bridgehead atoms. The van der Waals surface area contributed by atoms with Crippen LogP contribution in [0.4, 0.5) is 0 Å². The van der Waals surface area contributed by atoms with Gasteiger partial charge in [-0.2, -0.15) is 0 Å². The van der Waals surface area contributed by atoms with Crippen molar-refractivity contribution >= 4 is 11.3 Å². The van der Waals surface area contributed by atoms with Crippen molar-refractivity contribution in [2.45, 2.75) is 64.8 Å². The molecule has 3 heteroatoms. The quantitative estimate of drug-likeness (QED) is 0.871. The SMILES string of the molecule is CC(C)Cc1cc([C@@]2(C)CCN[C@@H](C)C2)c(CCO)s1. The molecule has 2 N–H and O–H groups in total. The lowest BCUT2D eigenvalue weighted by atomic mass is 9.72. The highest BCUT2D eigenvalue weighted by Gasteiger charge is 2.34. The normalized spacial score (nSPS) is 27.2. The first-order valence-corrected chi connectivity index (χ1v) is 8.72. The molecule has 0 unspecified atom stereocenters. The van der Waals surface area contributed by atoms with Gasteiger partial charge in [0.05, 0.1) is 0 Å². The molecule has 0 amide bonds. The summed E-state index contributed by atoms with van der Waals surface area (Å²) in [5.74, 6) is 0.697. The van der Waals surface area contributed by atoms with Crippen LogP contribution in [0.25, 0.3) is 0 Å². The smallest absolute Gasteiger partial charge is 0.0479 e. The van der Waals surface area contributed by atoms with E-state index in [-0.39, 0.29) is 12.0 Å². The molecule has 1 fully saturated rings. The summed E-state index contributed by atoms with van der Waals surface area (Å²) in [5, 5.41) is 12.9. The van der Waals surface area contributed by atoms with E-state index in [1.165, 1.54) is 28.2 Å². The topological polar surface area (TPSA) is 32.3 Å². The summed E-state index contributed by atoms with van der Waals surface area (Å²) < 4.78 is 0. The van der Waals surface area contributed by atoms with Crippen LogP contribution in [-0.2, 0) is 18.3 Å². The van der Waals surface area contributed by atoms with Crippen molar-refractivity contribution < 1.29 is 5.11 Å². The summed E-state index contributed by atoms with van der Waals surface area (Å²) in [6.07, 6.45) is 4.37. The van der Waals surface area contributed by atoms with Gasteiger partial charge in [0.1, 0.15) is 0 Å². The average Bonchev–Trinajstić information content (AvgIpc) is 2.72. The molecule has 0 radical (unpaired) electrons. The Balaban J connectivity index is 2.30. The van der Waals surface area contributed by atoms with Crippen LogP contribution >= 0.6 is 11.3 Å². The maximum Gasteiger partial charge on any atom is 0.0479 e. The summed E-state index contributed by atoms with van der Waals surface area (Å²) in [7, 11) is 0. The van der Waals surface area contributed by atoms with Crippen molar-refractivity contribution in [3.63, 3.8) is 0 Å². The molecule has 1 aromatic rings. The Hall–Kier alpha value is -0.380. The fourth-order valence-corrected chi connectivity index (χ4v) is 4.99. The zero-order valence-electron chi connectivity index (χ0n) is 13.3. The third-order valence-electron chi connectivity index (χ3n) is 4.38. The molecule has 0 aromatic carbocycles. The van der Waals surface area contributed by atoms with E-state index >= 15 is 0 Å². The highest BCUT2D eigenvalue weighted by Crippen LogP contribution is 2.41. The zero-order valence-corrected chi connectivity index (χ0v) is 14.1. The molecule has 2 nitrogen and oxygen atoms in total. The maximum absolute atomic E-state index is 9.36. The van der Waals surface area contributed by atoms with Crippen molar-refractivity contribution in [3.05, 3.63) is 21.4 Å². The van der Waals surface area contributed by atoms with Crippen LogP contribution in [0.15, 0.2) is 6.07 Å². The number of rotatable bonds is 5. The van der Waals surface area contributed by atoms with E-state index in [1.54, 1.807) is 0 Å². The summed E-state index contributed by atoms with van der Waals surface area (Å²) >= 11 is 1.93. The van der Waals surface area contributed by atoms with Crippen LogP contribution in [0.5, 0.6) is 0 Å². The molecular formula is C17H29NOS. The van der Waals surface area contributed by atoms with Crippen molar-refractivity contribution in [3.8, 4) is 0 Å². The predicted octanol–water partition coefficient (Wildman–Crippen LogP) is 3.51. The standard InChI is InChI=1S/C17H29NOS/c1-12(2)9-14-10-15(16(20-14)5-8-19)17(4)6-7-18-13(3)11-17/h10,12-13,18-19H,5-9,11H2,1-4H3/t13-,17-/m0/s1. The summed E-state index contributed by atoms with van der Waals surface area (Å²) in [5.41, 5.74) is 1.79. The highest BCUT2D eigenvalue weighted by atomic mass is 32.1. The Bertz CT molecular complexity index is 440. The molecule has 2 atom stereocenters. The molecule has 20 heavy (non-hydrogen) atoms. The molecule has 0 saturated carbocycles. The lowest BCUT2D eigenvalue weighted by Crippen LogP contribution is -2.43. The van der Waals surface area contributed by atoms with E-state index in [1.807, 2.05) is 11.3 Å². The van der Waals surface area contributed by atoms with Crippen molar-refractivity contribution in [2.75, 3.05) is 13.2 Å². The van der Waals surface area contributed by atoms with Crippen molar-refractivity contribution in [1.82, 2.24) is 5.32 Å². The van der Waals surface area contributed by atoms with Gasteiger partial charge in [0, 0.05) is 28.8 Å². The molecule has 1 aliphatic rings. The van der Waals surface area contributed by atoms with E-state index in [0.29, 0.717) is 12.0 Å². The number of thiophene rings is 1. The van der Waals surface area contributed by atoms with Crippen LogP contribution in [0.2, 0.25) is 0 Å². The number of hydrogen-bond acceptors (Lipinski definition) is 3. The second-order valence-electron chi connectivity index (χ2n) is 6.99. The minimum absolute atomic E-state index is 0.262. The largest absolute Gasteiger partial charge is 0.396 e. The number of hydrogen-bond donors (Lipinski definition) is 2. The van der Waals surface area contributed by atoms with Crippen LogP contribution in [0.3, 0.4) is 0 Å². The minimum Gasteiger partial charge on any atom is -0.396 e. The lowest BCUT2D eigenvalue weighted by molar-refractivity contribution is 0.277. The Kier molecular flexibility index (Phi) is 5.27. The molecule has 2 rings (SSSR count). The van der Waals surface area contributed by atoms with Gasteiger partial charge in [-0.15, -0.1) is 11.3 Å². The second-order valence-corrected chi connectivity index (χ2v) is 8.21. The third-order valence-corrected chi connectivity index (χ3v) is 5.60. The monoisotopic (exact) mass is 295 g/mol. The molecule has 0 spiro atoms. The maximum atomic E-state index is 9.36. The lowest BCUT2D eigenvalue weighted by Gasteiger charge is -2.38. The summed E-state index contributed by atoms with van der Waals surface area (Å²) in [4.78, 5) is 2.91. The zero-order chi connectivity index (χ0) is 14.8. The van der Waals surface area contributed by atoms with Gasteiger partial charge in [0.25, 0.3) is 0 Å². The molecule has 0 aliphatic carbocycles. The predicted molar refractivity (Wildman–Crippen MR) is 87.7 cm³/mol. The molecule has 1 aliphatic heterocycles. The summed E-state index contributed by atoms with van der Waals surface area (Å²) in [6, 6.07) is 3.03.